The summed E-state index contributed by atoms with van der Waals surface area (Å²) in [5.74, 6) is -0.591. The predicted molar refractivity (Wildman–Crippen MR) is 140 cm³/mol. The van der Waals surface area contributed by atoms with E-state index in [2.05, 4.69) is 0 Å². The number of rotatable bonds is 4. The van der Waals surface area contributed by atoms with E-state index in [0.717, 1.165) is 5.56 Å². The van der Waals surface area contributed by atoms with E-state index in [1.807, 2.05) is 6.92 Å². The van der Waals surface area contributed by atoms with Crippen molar-refractivity contribution in [1.82, 2.24) is 9.80 Å². The van der Waals surface area contributed by atoms with Gasteiger partial charge in [0.25, 0.3) is 5.91 Å². The monoisotopic (exact) mass is 529 g/mol. The van der Waals surface area contributed by atoms with Crippen molar-refractivity contribution in [1.29, 1.82) is 0 Å². The molecule has 9 heteroatoms. The molecule has 2 aliphatic heterocycles. The molecule has 4 rings (SSSR count). The van der Waals surface area contributed by atoms with Crippen molar-refractivity contribution in [3.63, 3.8) is 0 Å². The molecule has 1 unspecified atom stereocenters. The molecule has 0 radical (unpaired) electrons. The molecule has 1 fully saturated rings. The second kappa shape index (κ2) is 9.87. The van der Waals surface area contributed by atoms with Crippen LogP contribution in [0.25, 0.3) is 0 Å². The Labute approximate surface area is 221 Å². The Morgan fingerprint density at radius 2 is 1.81 bits per heavy atom. The molecule has 0 saturated carbocycles. The van der Waals surface area contributed by atoms with Crippen molar-refractivity contribution < 1.29 is 19.1 Å². The molecular weight excluding hydrogens is 501 g/mol. The van der Waals surface area contributed by atoms with E-state index in [1.54, 1.807) is 68.1 Å². The number of likely N-dealkylation sites (tertiary alicyclic amines) is 1. The van der Waals surface area contributed by atoms with Gasteiger partial charge >= 0.3 is 6.09 Å². The first kappa shape index (κ1) is 26.2. The van der Waals surface area contributed by atoms with Crippen LogP contribution in [-0.2, 0) is 9.53 Å². The second-order valence-corrected chi connectivity index (χ2v) is 11.1. The topological polar surface area (TPSA) is 79.3 Å². The Hall–Kier alpha value is -2.90. The molecule has 190 valence electrons. The van der Waals surface area contributed by atoms with Gasteiger partial charge in [-0.3, -0.25) is 9.59 Å². The number of carbonyl (C=O) groups excluding carboxylic acids is 3. The Bertz CT molecular complexity index is 1240. The quantitative estimate of drug-likeness (QED) is 0.486. The summed E-state index contributed by atoms with van der Waals surface area (Å²) < 4.78 is 5.58. The number of hydrogen-bond donors (Lipinski definition) is 0. The van der Waals surface area contributed by atoms with Gasteiger partial charge in [0.2, 0.25) is 0 Å². The second-order valence-electron chi connectivity index (χ2n) is 10.2. The fourth-order valence-electron chi connectivity index (χ4n) is 4.51. The molecule has 0 aromatic heterocycles. The zero-order valence-electron chi connectivity index (χ0n) is 20.8. The summed E-state index contributed by atoms with van der Waals surface area (Å²) in [5, 5.41) is 1.10. The molecule has 2 amide bonds. The maximum absolute atomic E-state index is 13.7. The fraction of sp³-hybridized carbons (Fsp3) is 0.407. The minimum atomic E-state index is -1.07. The average molecular weight is 530 g/mol. The SMILES string of the molecule is Cc1cc(C(=O)CN2C(=O)C(c3ccc(Cl)cc3)=NC23CCCN(C(=O)OC(C)(C)C)C3)ccc1Cl. The number of amides is 2. The molecule has 1 atom stereocenters. The van der Waals surface area contributed by atoms with Crippen LogP contribution in [0, 0.1) is 6.92 Å². The molecular formula is C27H29Cl2N3O4. The highest BCUT2D eigenvalue weighted by Crippen LogP contribution is 2.36. The minimum absolute atomic E-state index is 0.137. The first-order valence-electron chi connectivity index (χ1n) is 11.8. The van der Waals surface area contributed by atoms with Crippen molar-refractivity contribution in [2.75, 3.05) is 19.6 Å². The molecule has 1 spiro atoms. The smallest absolute Gasteiger partial charge is 0.410 e. The van der Waals surface area contributed by atoms with Gasteiger partial charge in [-0.25, -0.2) is 9.79 Å². The Morgan fingerprint density at radius 3 is 2.44 bits per heavy atom. The number of aryl methyl sites for hydroxylation is 1. The van der Waals surface area contributed by atoms with Gasteiger partial charge in [-0.15, -0.1) is 0 Å². The van der Waals surface area contributed by atoms with Crippen LogP contribution in [0.5, 0.6) is 0 Å². The zero-order chi connectivity index (χ0) is 26.3. The summed E-state index contributed by atoms with van der Waals surface area (Å²) in [5.41, 5.74) is 0.357. The van der Waals surface area contributed by atoms with E-state index in [0.29, 0.717) is 40.6 Å². The Morgan fingerprint density at radius 1 is 1.11 bits per heavy atom. The van der Waals surface area contributed by atoms with Crippen molar-refractivity contribution in [2.45, 2.75) is 51.8 Å². The number of ketones is 1. The van der Waals surface area contributed by atoms with Crippen molar-refractivity contribution in [3.05, 3.63) is 69.2 Å². The maximum Gasteiger partial charge on any atom is 0.410 e. The highest BCUT2D eigenvalue weighted by atomic mass is 35.5. The minimum Gasteiger partial charge on any atom is -0.444 e. The average Bonchev–Trinajstić information content (AvgIpc) is 3.06. The van der Waals surface area contributed by atoms with Crippen LogP contribution in [0.1, 0.15) is 55.1 Å². The van der Waals surface area contributed by atoms with Gasteiger partial charge in [0.15, 0.2) is 11.4 Å². The molecule has 2 aromatic carbocycles. The highest BCUT2D eigenvalue weighted by molar-refractivity contribution is 6.47. The molecule has 1 saturated heterocycles. The fourth-order valence-corrected chi connectivity index (χ4v) is 4.76. The third-order valence-electron chi connectivity index (χ3n) is 6.27. The lowest BCUT2D eigenvalue weighted by Crippen LogP contribution is -2.59. The van der Waals surface area contributed by atoms with Crippen molar-refractivity contribution >= 4 is 46.7 Å². The number of piperidine rings is 1. The number of hydrogen-bond acceptors (Lipinski definition) is 5. The molecule has 7 nitrogen and oxygen atoms in total. The van der Waals surface area contributed by atoms with Crippen LogP contribution in [0.2, 0.25) is 10.0 Å². The van der Waals surface area contributed by atoms with E-state index in [-0.39, 0.29) is 30.5 Å². The lowest BCUT2D eigenvalue weighted by molar-refractivity contribution is -0.129. The van der Waals surface area contributed by atoms with E-state index >= 15 is 0 Å². The maximum atomic E-state index is 13.7. The van der Waals surface area contributed by atoms with Crippen LogP contribution >= 0.6 is 23.2 Å². The summed E-state index contributed by atoms with van der Waals surface area (Å²) in [6, 6.07) is 11.9. The lowest BCUT2D eigenvalue weighted by Gasteiger charge is -2.43. The van der Waals surface area contributed by atoms with Gasteiger partial charge in [-0.2, -0.15) is 0 Å². The van der Waals surface area contributed by atoms with Crippen LogP contribution in [0.15, 0.2) is 47.5 Å². The molecule has 0 N–H and O–H groups in total. The van der Waals surface area contributed by atoms with E-state index in [1.165, 1.54) is 4.90 Å². The van der Waals surface area contributed by atoms with E-state index in [9.17, 15) is 14.4 Å². The van der Waals surface area contributed by atoms with Crippen molar-refractivity contribution in [3.8, 4) is 0 Å². The third kappa shape index (κ3) is 5.42. The lowest BCUT2D eigenvalue weighted by atomic mass is 9.96. The Kier molecular flexibility index (Phi) is 7.17. The Balaban J connectivity index is 1.69. The largest absolute Gasteiger partial charge is 0.444 e. The highest BCUT2D eigenvalue weighted by Gasteiger charge is 2.51. The summed E-state index contributed by atoms with van der Waals surface area (Å²) in [7, 11) is 0. The van der Waals surface area contributed by atoms with Gasteiger partial charge in [-0.1, -0.05) is 35.3 Å². The standard InChI is InChI=1S/C27H29Cl2N3O4/c1-17-14-19(8-11-21(17)29)22(33)15-32-24(34)23(18-6-9-20(28)10-7-18)30-27(32)12-5-13-31(16-27)25(35)36-26(2,3)4/h6-11,14H,5,12-13,15-16H2,1-4H3. The van der Waals surface area contributed by atoms with E-state index in [4.69, 9.17) is 32.9 Å². The summed E-state index contributed by atoms with van der Waals surface area (Å²) >= 11 is 12.2. The third-order valence-corrected chi connectivity index (χ3v) is 6.95. The summed E-state index contributed by atoms with van der Waals surface area (Å²) in [6.45, 7) is 7.68. The normalized spacial score (nSPS) is 20.1. The number of nitrogens with zero attached hydrogens (tertiary/aromatic N) is 3. The van der Waals surface area contributed by atoms with Gasteiger partial charge in [-0.05, 0) is 76.4 Å². The van der Waals surface area contributed by atoms with Crippen LogP contribution in [-0.4, -0.2) is 64.2 Å². The zero-order valence-corrected chi connectivity index (χ0v) is 22.3. The predicted octanol–water partition coefficient (Wildman–Crippen LogP) is 5.54. The first-order chi connectivity index (χ1) is 16.9. The number of aliphatic imine (C=N–C) groups is 1. The number of halogens is 2. The molecule has 0 bridgehead atoms. The van der Waals surface area contributed by atoms with Gasteiger partial charge in [0.1, 0.15) is 11.3 Å². The van der Waals surface area contributed by atoms with Crippen LogP contribution in [0.3, 0.4) is 0 Å². The molecule has 36 heavy (non-hydrogen) atoms. The summed E-state index contributed by atoms with van der Waals surface area (Å²) in [6.07, 6.45) is 0.653. The van der Waals surface area contributed by atoms with E-state index < -0.39 is 17.4 Å². The summed E-state index contributed by atoms with van der Waals surface area (Å²) in [4.78, 5) is 47.9. The molecule has 2 heterocycles. The van der Waals surface area contributed by atoms with Crippen molar-refractivity contribution in [2.24, 2.45) is 4.99 Å². The number of benzene rings is 2. The van der Waals surface area contributed by atoms with Crippen LogP contribution in [0.4, 0.5) is 4.79 Å². The number of Topliss-reactive ketones (excluding diaryl/α,β-unsaturated/α-hetero) is 1. The van der Waals surface area contributed by atoms with Gasteiger partial charge in [0, 0.05) is 27.7 Å². The molecule has 0 aliphatic carbocycles. The van der Waals surface area contributed by atoms with Crippen LogP contribution < -0.4 is 0 Å². The number of carbonyl (C=O) groups is 3. The number of ether oxygens (including phenoxy) is 1. The molecule has 2 aliphatic rings. The van der Waals surface area contributed by atoms with Gasteiger partial charge < -0.3 is 14.5 Å². The van der Waals surface area contributed by atoms with Gasteiger partial charge in [0.05, 0.1) is 13.1 Å². The first-order valence-corrected chi connectivity index (χ1v) is 12.6. The molecule has 2 aromatic rings.